The van der Waals surface area contributed by atoms with Gasteiger partial charge in [0.15, 0.2) is 0 Å². The molecule has 0 bridgehead atoms. The van der Waals surface area contributed by atoms with E-state index in [1.54, 1.807) is 19.6 Å². The van der Waals surface area contributed by atoms with Crippen LogP contribution in [0.3, 0.4) is 0 Å². The number of hydrogen-bond acceptors (Lipinski definition) is 2. The normalized spacial score (nSPS) is 12.0. The summed E-state index contributed by atoms with van der Waals surface area (Å²) in [4.78, 5) is 5.59. The molecule has 124 valence electrons. The number of fused-ring (bicyclic) bond motifs is 1. The van der Waals surface area contributed by atoms with Crippen molar-refractivity contribution in [3.63, 3.8) is 0 Å². The third-order valence-corrected chi connectivity index (χ3v) is 4.87. The number of nitrogens with zero attached hydrogens (tertiary/aromatic N) is 2. The Balaban J connectivity index is 2.25. The summed E-state index contributed by atoms with van der Waals surface area (Å²) < 4.78 is 41.0. The number of benzene rings is 2. The Labute approximate surface area is 143 Å². The molecule has 0 N–H and O–H groups in total. The fourth-order valence-corrected chi connectivity index (χ4v) is 3.72. The molecule has 2 nitrogen and oxygen atoms in total. The van der Waals surface area contributed by atoms with E-state index in [4.69, 9.17) is 0 Å². The second-order valence-corrected chi connectivity index (χ2v) is 6.89. The number of aromatic nitrogens is 2. The van der Waals surface area contributed by atoms with Gasteiger partial charge in [0.05, 0.1) is 16.6 Å². The fourth-order valence-electron chi connectivity index (χ4n) is 2.91. The Bertz CT molecular complexity index is 903. The van der Waals surface area contributed by atoms with E-state index in [1.165, 1.54) is 6.07 Å². The highest BCUT2D eigenvalue weighted by Crippen LogP contribution is 2.34. The Morgan fingerprint density at radius 1 is 1.21 bits per heavy atom. The van der Waals surface area contributed by atoms with Crippen LogP contribution in [0.4, 0.5) is 13.2 Å². The van der Waals surface area contributed by atoms with Gasteiger partial charge in [0.1, 0.15) is 13.7 Å². The van der Waals surface area contributed by atoms with Gasteiger partial charge in [-0.2, -0.15) is 13.2 Å². The van der Waals surface area contributed by atoms with Crippen molar-refractivity contribution in [3.8, 4) is 11.4 Å². The first-order valence-corrected chi connectivity index (χ1v) is 8.58. The molecule has 3 rings (SSSR count). The first-order valence-electron chi connectivity index (χ1n) is 7.59. The molecule has 24 heavy (non-hydrogen) atoms. The fraction of sp³-hybridized carbons (Fsp3) is 0.235. The molecule has 2 aromatic carbocycles. The molecule has 0 aliphatic carbocycles. The molecular weight excluding hydrogens is 332 g/mol. The van der Waals surface area contributed by atoms with Crippen molar-refractivity contribution >= 4 is 36.1 Å². The highest BCUT2D eigenvalue weighted by molar-refractivity contribution is 7.99. The molecule has 3 aromatic rings. The van der Waals surface area contributed by atoms with Crippen LogP contribution >= 0.6 is 11.8 Å². The maximum absolute atomic E-state index is 13.1. The van der Waals surface area contributed by atoms with Crippen LogP contribution in [0.15, 0.2) is 41.3 Å². The van der Waals surface area contributed by atoms with Crippen molar-refractivity contribution < 1.29 is 13.2 Å². The van der Waals surface area contributed by atoms with Crippen molar-refractivity contribution in [1.29, 1.82) is 0 Å². The number of rotatable bonds is 3. The molecule has 7 heteroatoms. The molecule has 0 amide bonds. The van der Waals surface area contributed by atoms with Crippen LogP contribution in [-0.4, -0.2) is 23.2 Å². The number of aryl methyl sites for hydroxylation is 1. The quantitative estimate of drug-likeness (QED) is 0.531. The first kappa shape index (κ1) is 17.0. The van der Waals surface area contributed by atoms with E-state index in [0.717, 1.165) is 27.8 Å². The summed E-state index contributed by atoms with van der Waals surface area (Å²) in [7, 11) is 3.54. The molecule has 1 heterocycles. The predicted molar refractivity (Wildman–Crippen MR) is 95.7 cm³/mol. The number of hydrogen-bond donors (Lipinski definition) is 0. The average Bonchev–Trinajstić information content (AvgIpc) is 2.85. The number of halogens is 3. The van der Waals surface area contributed by atoms with Crippen LogP contribution in [0.5, 0.6) is 0 Å². The van der Waals surface area contributed by atoms with Gasteiger partial charge in [-0.15, -0.1) is 11.8 Å². The van der Waals surface area contributed by atoms with E-state index in [-0.39, 0.29) is 0 Å². The van der Waals surface area contributed by atoms with E-state index in [9.17, 15) is 13.2 Å². The van der Waals surface area contributed by atoms with Crippen LogP contribution in [0.25, 0.3) is 22.4 Å². The van der Waals surface area contributed by atoms with Gasteiger partial charge < -0.3 is 4.57 Å². The average molecular weight is 348 g/mol. The largest absolute Gasteiger partial charge is 0.416 e. The van der Waals surface area contributed by atoms with E-state index < -0.39 is 11.7 Å². The van der Waals surface area contributed by atoms with Gasteiger partial charge in [-0.3, -0.25) is 0 Å². The molecule has 0 saturated carbocycles. The Kier molecular flexibility index (Phi) is 4.38. The van der Waals surface area contributed by atoms with Gasteiger partial charge in [-0.05, 0) is 17.9 Å². The molecule has 1 aromatic heterocycles. The van der Waals surface area contributed by atoms with Gasteiger partial charge >= 0.3 is 6.18 Å². The third-order valence-electron chi connectivity index (χ3n) is 3.91. The molecular formula is C17H16BF3N2S. The molecule has 0 aliphatic rings. The van der Waals surface area contributed by atoms with Crippen LogP contribution < -0.4 is 5.46 Å². The van der Waals surface area contributed by atoms with Crippen LogP contribution in [0, 0.1) is 0 Å². The second-order valence-electron chi connectivity index (χ2n) is 5.58. The number of thioether (sulfide) groups is 1. The van der Waals surface area contributed by atoms with E-state index in [2.05, 4.69) is 11.9 Å². The van der Waals surface area contributed by atoms with Crippen molar-refractivity contribution in [2.24, 2.45) is 7.05 Å². The predicted octanol–water partition coefficient (Wildman–Crippen LogP) is 3.63. The molecule has 0 atom stereocenters. The van der Waals surface area contributed by atoms with Gasteiger partial charge in [-0.1, -0.05) is 36.7 Å². The lowest BCUT2D eigenvalue weighted by Crippen LogP contribution is -2.14. The van der Waals surface area contributed by atoms with Gasteiger partial charge in [-0.25, -0.2) is 4.98 Å². The van der Waals surface area contributed by atoms with Gasteiger partial charge in [0.2, 0.25) is 0 Å². The minimum atomic E-state index is -4.37. The van der Waals surface area contributed by atoms with Crippen molar-refractivity contribution in [1.82, 2.24) is 9.55 Å². The maximum atomic E-state index is 13.1. The second kappa shape index (κ2) is 6.20. The maximum Gasteiger partial charge on any atom is 0.416 e. The topological polar surface area (TPSA) is 17.8 Å². The van der Waals surface area contributed by atoms with Crippen LogP contribution in [0.1, 0.15) is 12.5 Å². The van der Waals surface area contributed by atoms with Crippen LogP contribution in [0.2, 0.25) is 0 Å². The smallest absolute Gasteiger partial charge is 0.328 e. The summed E-state index contributed by atoms with van der Waals surface area (Å²) in [6.45, 7) is 2.07. The number of alkyl halides is 3. The Morgan fingerprint density at radius 2 is 1.92 bits per heavy atom. The van der Waals surface area contributed by atoms with E-state index in [1.807, 2.05) is 35.9 Å². The lowest BCUT2D eigenvalue weighted by molar-refractivity contribution is -0.137. The Hall–Kier alpha value is -1.89. The van der Waals surface area contributed by atoms with Crippen LogP contribution in [-0.2, 0) is 13.2 Å². The van der Waals surface area contributed by atoms with Crippen molar-refractivity contribution in [2.45, 2.75) is 18.0 Å². The lowest BCUT2D eigenvalue weighted by Gasteiger charge is -2.10. The van der Waals surface area contributed by atoms with E-state index in [0.29, 0.717) is 16.8 Å². The zero-order chi connectivity index (χ0) is 17.5. The zero-order valence-corrected chi connectivity index (χ0v) is 14.4. The summed E-state index contributed by atoms with van der Waals surface area (Å²) in [5, 5.41) is 0. The van der Waals surface area contributed by atoms with Gasteiger partial charge in [0.25, 0.3) is 0 Å². The molecule has 0 saturated heterocycles. The molecule has 0 aliphatic heterocycles. The molecule has 0 spiro atoms. The summed E-state index contributed by atoms with van der Waals surface area (Å²) in [5.41, 5.74) is 1.96. The highest BCUT2D eigenvalue weighted by Gasteiger charge is 2.31. The minimum Gasteiger partial charge on any atom is -0.328 e. The first-order chi connectivity index (χ1) is 11.3. The standard InChI is InChI=1S/C17H16BF3N2S/c1-3-24-14-7-5-4-6-11(14)16-22-13-9-10(17(19,20)21)8-12(18)15(13)23(16)2/h4-9H,3,18H2,1-2H3. The van der Waals surface area contributed by atoms with E-state index >= 15 is 0 Å². The molecule has 0 radical (unpaired) electrons. The number of imidazole rings is 1. The SMILES string of the molecule is Bc1cc(C(F)(F)F)cc2nc(-c3ccccc3SCC)n(C)c12. The summed E-state index contributed by atoms with van der Waals surface area (Å²) in [6.07, 6.45) is -4.37. The lowest BCUT2D eigenvalue weighted by atomic mass is 9.92. The molecule has 0 unspecified atom stereocenters. The monoisotopic (exact) mass is 348 g/mol. The summed E-state index contributed by atoms with van der Waals surface area (Å²) in [6, 6.07) is 10.2. The Morgan fingerprint density at radius 3 is 2.58 bits per heavy atom. The summed E-state index contributed by atoms with van der Waals surface area (Å²) in [5.74, 6) is 1.60. The minimum absolute atomic E-state index is 0.371. The highest BCUT2D eigenvalue weighted by atomic mass is 32.2. The zero-order valence-electron chi connectivity index (χ0n) is 13.6. The van der Waals surface area contributed by atoms with Gasteiger partial charge in [0, 0.05) is 17.5 Å². The van der Waals surface area contributed by atoms with Crippen molar-refractivity contribution in [2.75, 3.05) is 5.75 Å². The molecule has 0 fully saturated rings. The summed E-state index contributed by atoms with van der Waals surface area (Å²) >= 11 is 1.69. The third kappa shape index (κ3) is 2.93. The van der Waals surface area contributed by atoms with Crippen molar-refractivity contribution in [3.05, 3.63) is 42.0 Å².